The number of hydrogen-bond donors (Lipinski definition) is 1. The van der Waals surface area contributed by atoms with Gasteiger partial charge in [-0.15, -0.1) is 0 Å². The number of benzene rings is 2. The van der Waals surface area contributed by atoms with Crippen LogP contribution in [0.1, 0.15) is 17.2 Å². The Labute approximate surface area is 136 Å². The second kappa shape index (κ2) is 6.06. The van der Waals surface area contributed by atoms with Crippen LogP contribution in [0.25, 0.3) is 0 Å². The molecule has 2 rings (SSSR count). The van der Waals surface area contributed by atoms with Crippen LogP contribution >= 0.6 is 59.4 Å². The maximum atomic E-state index is 6.29. The van der Waals surface area contributed by atoms with Crippen molar-refractivity contribution >= 4 is 59.4 Å². The average molecular weight is 454 g/mol. The van der Waals surface area contributed by atoms with Crippen LogP contribution in [0.15, 0.2) is 49.8 Å². The van der Waals surface area contributed by atoms with Crippen molar-refractivity contribution in [2.24, 2.45) is 5.73 Å². The van der Waals surface area contributed by atoms with Gasteiger partial charge in [-0.25, -0.2) is 0 Å². The quantitative estimate of drug-likeness (QED) is 0.621. The summed E-state index contributed by atoms with van der Waals surface area (Å²) in [4.78, 5) is 0. The monoisotopic (exact) mass is 451 g/mol. The molecule has 0 aliphatic heterocycles. The molecule has 18 heavy (non-hydrogen) atoms. The number of nitrogens with two attached hydrogens (primary N) is 1. The normalized spacial score (nSPS) is 12.5. The van der Waals surface area contributed by atoms with Crippen LogP contribution in [0.2, 0.25) is 5.02 Å². The Morgan fingerprint density at radius 1 is 0.944 bits per heavy atom. The third kappa shape index (κ3) is 3.36. The Bertz CT molecular complexity index is 566. The van der Waals surface area contributed by atoms with Gasteiger partial charge in [0.05, 0.1) is 6.04 Å². The predicted octanol–water partition coefficient (Wildman–Crippen LogP) is 5.68. The van der Waals surface area contributed by atoms with Crippen molar-refractivity contribution in [2.45, 2.75) is 6.04 Å². The Morgan fingerprint density at radius 2 is 1.67 bits per heavy atom. The molecule has 5 heteroatoms. The molecular formula is C13H9Br3ClN. The van der Waals surface area contributed by atoms with Crippen molar-refractivity contribution in [1.29, 1.82) is 0 Å². The fourth-order valence-corrected chi connectivity index (χ4v) is 3.45. The average Bonchev–Trinajstić information content (AvgIpc) is 2.30. The first kappa shape index (κ1) is 14.5. The first-order valence-corrected chi connectivity index (χ1v) is 7.89. The SMILES string of the molecule is NC(c1cc(Cl)cc(Br)c1)c1cc(Br)ccc1Br. The van der Waals surface area contributed by atoms with Crippen LogP contribution in [0.5, 0.6) is 0 Å². The molecule has 0 heterocycles. The van der Waals surface area contributed by atoms with Crippen LogP contribution in [-0.2, 0) is 0 Å². The zero-order valence-electron chi connectivity index (χ0n) is 9.13. The molecule has 2 aromatic carbocycles. The number of halogens is 4. The van der Waals surface area contributed by atoms with Gasteiger partial charge in [0.2, 0.25) is 0 Å². The third-order valence-corrected chi connectivity index (χ3v) is 4.43. The molecule has 94 valence electrons. The topological polar surface area (TPSA) is 26.0 Å². The van der Waals surface area contributed by atoms with Gasteiger partial charge < -0.3 is 5.73 Å². The van der Waals surface area contributed by atoms with E-state index < -0.39 is 0 Å². The largest absolute Gasteiger partial charge is 0.320 e. The molecule has 0 radical (unpaired) electrons. The highest BCUT2D eigenvalue weighted by atomic mass is 79.9. The maximum absolute atomic E-state index is 6.29. The van der Waals surface area contributed by atoms with Crippen molar-refractivity contribution in [3.63, 3.8) is 0 Å². The predicted molar refractivity (Wildman–Crippen MR) is 87.0 cm³/mol. The molecule has 0 saturated heterocycles. The summed E-state index contributed by atoms with van der Waals surface area (Å²) >= 11 is 16.4. The van der Waals surface area contributed by atoms with Gasteiger partial charge in [-0.2, -0.15) is 0 Å². The summed E-state index contributed by atoms with van der Waals surface area (Å²) in [7, 11) is 0. The van der Waals surface area contributed by atoms with E-state index in [9.17, 15) is 0 Å². The van der Waals surface area contributed by atoms with Crippen LogP contribution in [0.3, 0.4) is 0 Å². The Kier molecular flexibility index (Phi) is 4.89. The summed E-state index contributed by atoms with van der Waals surface area (Å²) in [5.74, 6) is 0. The molecule has 1 atom stereocenters. The minimum absolute atomic E-state index is 0.230. The summed E-state index contributed by atoms with van der Waals surface area (Å²) < 4.78 is 2.90. The highest BCUT2D eigenvalue weighted by Gasteiger charge is 2.14. The fourth-order valence-electron chi connectivity index (χ4n) is 1.69. The van der Waals surface area contributed by atoms with Crippen LogP contribution in [0.4, 0.5) is 0 Å². The fraction of sp³-hybridized carbons (Fsp3) is 0.0769. The molecule has 2 N–H and O–H groups in total. The Balaban J connectivity index is 2.47. The van der Waals surface area contributed by atoms with E-state index in [0.717, 1.165) is 24.5 Å². The van der Waals surface area contributed by atoms with Crippen molar-refractivity contribution < 1.29 is 0 Å². The van der Waals surface area contributed by atoms with Crippen molar-refractivity contribution in [3.8, 4) is 0 Å². The number of hydrogen-bond acceptors (Lipinski definition) is 1. The lowest BCUT2D eigenvalue weighted by Gasteiger charge is -2.15. The van der Waals surface area contributed by atoms with Crippen LogP contribution < -0.4 is 5.73 Å². The second-order valence-electron chi connectivity index (χ2n) is 3.85. The maximum Gasteiger partial charge on any atom is 0.0564 e. The van der Waals surface area contributed by atoms with Gasteiger partial charge in [-0.3, -0.25) is 0 Å². The summed E-state index contributed by atoms with van der Waals surface area (Å²) in [6.45, 7) is 0. The van der Waals surface area contributed by atoms with E-state index in [1.165, 1.54) is 0 Å². The molecule has 1 nitrogen and oxygen atoms in total. The van der Waals surface area contributed by atoms with Gasteiger partial charge in [0.15, 0.2) is 0 Å². The van der Waals surface area contributed by atoms with E-state index in [0.29, 0.717) is 5.02 Å². The van der Waals surface area contributed by atoms with E-state index in [-0.39, 0.29) is 6.04 Å². The van der Waals surface area contributed by atoms with Crippen molar-refractivity contribution in [1.82, 2.24) is 0 Å². The summed E-state index contributed by atoms with van der Waals surface area (Å²) in [5, 5.41) is 0.668. The van der Waals surface area contributed by atoms with E-state index in [2.05, 4.69) is 47.8 Å². The summed E-state index contributed by atoms with van der Waals surface area (Å²) in [6.07, 6.45) is 0. The lowest BCUT2D eigenvalue weighted by Crippen LogP contribution is -2.12. The minimum Gasteiger partial charge on any atom is -0.320 e. The van der Waals surface area contributed by atoms with E-state index in [1.807, 2.05) is 36.4 Å². The Hall–Kier alpha value is 0.130. The van der Waals surface area contributed by atoms with Crippen molar-refractivity contribution in [2.75, 3.05) is 0 Å². The van der Waals surface area contributed by atoms with Gasteiger partial charge in [0.1, 0.15) is 0 Å². The molecule has 1 unspecified atom stereocenters. The molecule has 0 fully saturated rings. The molecule has 0 aliphatic carbocycles. The van der Waals surface area contributed by atoms with Gasteiger partial charge >= 0.3 is 0 Å². The molecular weight excluding hydrogens is 445 g/mol. The van der Waals surface area contributed by atoms with Gasteiger partial charge in [0, 0.05) is 18.4 Å². The zero-order chi connectivity index (χ0) is 13.3. The van der Waals surface area contributed by atoms with Gasteiger partial charge in [-0.1, -0.05) is 59.4 Å². The first-order chi connectivity index (χ1) is 8.47. The zero-order valence-corrected chi connectivity index (χ0v) is 14.6. The number of rotatable bonds is 2. The molecule has 0 aromatic heterocycles. The van der Waals surface area contributed by atoms with Gasteiger partial charge in [0.25, 0.3) is 0 Å². The highest BCUT2D eigenvalue weighted by Crippen LogP contribution is 2.32. The summed E-state index contributed by atoms with van der Waals surface area (Å²) in [5.41, 5.74) is 8.27. The smallest absolute Gasteiger partial charge is 0.0564 e. The van der Waals surface area contributed by atoms with E-state index in [4.69, 9.17) is 17.3 Å². The minimum atomic E-state index is -0.230. The first-order valence-electron chi connectivity index (χ1n) is 5.14. The molecule has 0 bridgehead atoms. The third-order valence-electron chi connectivity index (χ3n) is 2.54. The second-order valence-corrected chi connectivity index (χ2v) is 6.97. The molecule has 0 saturated carbocycles. The molecule has 0 amide bonds. The van der Waals surface area contributed by atoms with Crippen molar-refractivity contribution in [3.05, 3.63) is 66.0 Å². The highest BCUT2D eigenvalue weighted by molar-refractivity contribution is 9.11. The van der Waals surface area contributed by atoms with Crippen LogP contribution in [-0.4, -0.2) is 0 Å². The summed E-state index contributed by atoms with van der Waals surface area (Å²) in [6, 6.07) is 11.4. The Morgan fingerprint density at radius 3 is 2.33 bits per heavy atom. The molecule has 2 aromatic rings. The standard InChI is InChI=1S/C13H9Br3ClN/c14-8-1-2-12(16)11(6-8)13(18)7-3-9(15)5-10(17)4-7/h1-6,13H,18H2. The van der Waals surface area contributed by atoms with E-state index in [1.54, 1.807) is 0 Å². The van der Waals surface area contributed by atoms with Gasteiger partial charge in [-0.05, 0) is 47.5 Å². The lowest BCUT2D eigenvalue weighted by molar-refractivity contribution is 0.864. The lowest BCUT2D eigenvalue weighted by atomic mass is 10.00. The molecule has 0 spiro atoms. The van der Waals surface area contributed by atoms with E-state index >= 15 is 0 Å². The van der Waals surface area contributed by atoms with Crippen LogP contribution in [0, 0.1) is 0 Å². The molecule has 0 aliphatic rings.